The van der Waals surface area contributed by atoms with Gasteiger partial charge in [-0.05, 0) is 22.4 Å². The molecule has 1 aliphatic heterocycles. The molecule has 0 bridgehead atoms. The van der Waals surface area contributed by atoms with Crippen molar-refractivity contribution in [1.82, 2.24) is 15.1 Å². The van der Waals surface area contributed by atoms with Crippen LogP contribution in [0.2, 0.25) is 0 Å². The Labute approximate surface area is 140 Å². The molecule has 0 saturated carbocycles. The van der Waals surface area contributed by atoms with Crippen LogP contribution < -0.4 is 5.32 Å². The SMILES string of the molecule is COCCNC(=O)N1CCN(Cc2csc3ccccc23)CC1. The molecular weight excluding hydrogens is 310 g/mol. The summed E-state index contributed by atoms with van der Waals surface area (Å²) in [6.45, 7) is 5.47. The largest absolute Gasteiger partial charge is 0.383 e. The number of thiophene rings is 1. The number of methoxy groups -OCH3 is 1. The van der Waals surface area contributed by atoms with E-state index in [1.165, 1.54) is 15.6 Å². The van der Waals surface area contributed by atoms with E-state index < -0.39 is 0 Å². The fourth-order valence-corrected chi connectivity index (χ4v) is 3.83. The van der Waals surface area contributed by atoms with Crippen LogP contribution in [0.3, 0.4) is 0 Å². The van der Waals surface area contributed by atoms with Crippen molar-refractivity contribution in [3.05, 3.63) is 35.2 Å². The van der Waals surface area contributed by atoms with Crippen molar-refractivity contribution in [3.63, 3.8) is 0 Å². The highest BCUT2D eigenvalue weighted by Gasteiger charge is 2.21. The minimum Gasteiger partial charge on any atom is -0.383 e. The first-order valence-electron chi connectivity index (χ1n) is 7.97. The van der Waals surface area contributed by atoms with Crippen molar-refractivity contribution >= 4 is 27.5 Å². The summed E-state index contributed by atoms with van der Waals surface area (Å²) in [6, 6.07) is 8.57. The van der Waals surface area contributed by atoms with Gasteiger partial charge in [0.25, 0.3) is 0 Å². The molecule has 23 heavy (non-hydrogen) atoms. The molecule has 0 spiro atoms. The Hall–Kier alpha value is -1.63. The summed E-state index contributed by atoms with van der Waals surface area (Å²) < 4.78 is 6.30. The van der Waals surface area contributed by atoms with E-state index in [2.05, 4.69) is 39.9 Å². The van der Waals surface area contributed by atoms with Gasteiger partial charge in [0, 0.05) is 51.1 Å². The lowest BCUT2D eigenvalue weighted by Gasteiger charge is -2.34. The smallest absolute Gasteiger partial charge is 0.317 e. The standard InChI is InChI=1S/C17H23N3O2S/c1-22-11-6-18-17(21)20-9-7-19(8-10-20)12-14-13-23-16-5-3-2-4-15(14)16/h2-5,13H,6-12H2,1H3,(H,18,21). The maximum absolute atomic E-state index is 12.0. The van der Waals surface area contributed by atoms with E-state index in [1.807, 2.05) is 4.90 Å². The average molecular weight is 333 g/mol. The van der Waals surface area contributed by atoms with Crippen LogP contribution in [0.1, 0.15) is 5.56 Å². The Bertz CT molecular complexity index is 650. The molecule has 1 fully saturated rings. The first-order valence-corrected chi connectivity index (χ1v) is 8.85. The van der Waals surface area contributed by atoms with Crippen molar-refractivity contribution in [2.45, 2.75) is 6.54 Å². The Morgan fingerprint density at radius 3 is 2.83 bits per heavy atom. The van der Waals surface area contributed by atoms with Crippen LogP contribution >= 0.6 is 11.3 Å². The summed E-state index contributed by atoms with van der Waals surface area (Å²) in [6.07, 6.45) is 0. The molecule has 0 aliphatic carbocycles. The van der Waals surface area contributed by atoms with E-state index in [4.69, 9.17) is 4.74 Å². The van der Waals surface area contributed by atoms with Gasteiger partial charge in [-0.1, -0.05) is 18.2 Å². The van der Waals surface area contributed by atoms with Gasteiger partial charge in [0.1, 0.15) is 0 Å². The van der Waals surface area contributed by atoms with Crippen LogP contribution in [-0.4, -0.2) is 62.3 Å². The summed E-state index contributed by atoms with van der Waals surface area (Å²) in [7, 11) is 1.64. The Balaban J connectivity index is 1.50. The van der Waals surface area contributed by atoms with Crippen molar-refractivity contribution in [1.29, 1.82) is 0 Å². The van der Waals surface area contributed by atoms with Gasteiger partial charge in [-0.3, -0.25) is 4.90 Å². The maximum atomic E-state index is 12.0. The highest BCUT2D eigenvalue weighted by molar-refractivity contribution is 7.17. The van der Waals surface area contributed by atoms with Crippen LogP contribution in [0.4, 0.5) is 4.79 Å². The fourth-order valence-electron chi connectivity index (χ4n) is 2.88. The molecule has 5 nitrogen and oxygen atoms in total. The Kier molecular flexibility index (Phi) is 5.48. The zero-order valence-corrected chi connectivity index (χ0v) is 14.3. The summed E-state index contributed by atoms with van der Waals surface area (Å²) in [5, 5.41) is 6.50. The van der Waals surface area contributed by atoms with Gasteiger partial charge in [-0.15, -0.1) is 11.3 Å². The number of amides is 2. The van der Waals surface area contributed by atoms with E-state index in [-0.39, 0.29) is 6.03 Å². The number of carbonyl (C=O) groups is 1. The lowest BCUT2D eigenvalue weighted by molar-refractivity contribution is 0.132. The molecule has 1 aromatic heterocycles. The van der Waals surface area contributed by atoms with E-state index in [1.54, 1.807) is 18.4 Å². The molecule has 1 aliphatic rings. The van der Waals surface area contributed by atoms with Gasteiger partial charge in [-0.25, -0.2) is 4.79 Å². The minimum atomic E-state index is 0.0164. The summed E-state index contributed by atoms with van der Waals surface area (Å²) in [5.74, 6) is 0. The number of piperazine rings is 1. The number of rotatable bonds is 5. The topological polar surface area (TPSA) is 44.8 Å². The molecular formula is C17H23N3O2S. The molecule has 124 valence electrons. The van der Waals surface area contributed by atoms with Crippen molar-refractivity contribution < 1.29 is 9.53 Å². The molecule has 1 N–H and O–H groups in total. The second kappa shape index (κ2) is 7.77. The summed E-state index contributed by atoms with van der Waals surface area (Å²) in [4.78, 5) is 16.3. The number of hydrogen-bond acceptors (Lipinski definition) is 4. The number of urea groups is 1. The number of carbonyl (C=O) groups excluding carboxylic acids is 1. The van der Waals surface area contributed by atoms with E-state index >= 15 is 0 Å². The second-order valence-electron chi connectivity index (χ2n) is 5.75. The average Bonchev–Trinajstić information content (AvgIpc) is 2.99. The highest BCUT2D eigenvalue weighted by atomic mass is 32.1. The van der Waals surface area contributed by atoms with E-state index in [0.717, 1.165) is 32.7 Å². The third-order valence-corrected chi connectivity index (χ3v) is 5.21. The molecule has 6 heteroatoms. The monoisotopic (exact) mass is 333 g/mol. The second-order valence-corrected chi connectivity index (χ2v) is 6.66. The molecule has 2 aromatic rings. The molecule has 0 unspecified atom stereocenters. The molecule has 3 rings (SSSR count). The lowest BCUT2D eigenvalue weighted by Crippen LogP contribution is -2.51. The zero-order valence-electron chi connectivity index (χ0n) is 13.5. The molecule has 0 atom stereocenters. The summed E-state index contributed by atoms with van der Waals surface area (Å²) in [5.41, 5.74) is 1.39. The Morgan fingerprint density at radius 1 is 1.26 bits per heavy atom. The van der Waals surface area contributed by atoms with Crippen LogP contribution in [-0.2, 0) is 11.3 Å². The number of nitrogens with zero attached hydrogens (tertiary/aromatic N) is 2. The molecule has 0 radical (unpaired) electrons. The molecule has 2 heterocycles. The van der Waals surface area contributed by atoms with E-state index in [0.29, 0.717) is 13.2 Å². The van der Waals surface area contributed by atoms with Crippen molar-refractivity contribution in [2.24, 2.45) is 0 Å². The number of benzene rings is 1. The third-order valence-electron chi connectivity index (χ3n) is 4.20. The predicted octanol–water partition coefficient (Wildman–Crippen LogP) is 2.37. The predicted molar refractivity (Wildman–Crippen MR) is 93.9 cm³/mol. The fraction of sp³-hybridized carbons (Fsp3) is 0.471. The molecule has 1 saturated heterocycles. The van der Waals surface area contributed by atoms with Gasteiger partial charge in [0.2, 0.25) is 0 Å². The van der Waals surface area contributed by atoms with Crippen LogP contribution in [0.25, 0.3) is 10.1 Å². The summed E-state index contributed by atoms with van der Waals surface area (Å²) >= 11 is 1.81. The molecule has 2 amide bonds. The maximum Gasteiger partial charge on any atom is 0.317 e. The van der Waals surface area contributed by atoms with Gasteiger partial charge in [0.05, 0.1) is 6.61 Å². The van der Waals surface area contributed by atoms with Gasteiger partial charge >= 0.3 is 6.03 Å². The van der Waals surface area contributed by atoms with Gasteiger partial charge < -0.3 is 15.0 Å². The van der Waals surface area contributed by atoms with Gasteiger partial charge in [-0.2, -0.15) is 0 Å². The lowest BCUT2D eigenvalue weighted by atomic mass is 10.1. The van der Waals surface area contributed by atoms with Crippen molar-refractivity contribution in [2.75, 3.05) is 46.4 Å². The minimum absolute atomic E-state index is 0.0164. The zero-order chi connectivity index (χ0) is 16.1. The van der Waals surface area contributed by atoms with Crippen molar-refractivity contribution in [3.8, 4) is 0 Å². The number of ether oxygens (including phenoxy) is 1. The van der Waals surface area contributed by atoms with Gasteiger partial charge in [0.15, 0.2) is 0 Å². The highest BCUT2D eigenvalue weighted by Crippen LogP contribution is 2.26. The molecule has 1 aromatic carbocycles. The van der Waals surface area contributed by atoms with Crippen LogP contribution in [0.5, 0.6) is 0 Å². The van der Waals surface area contributed by atoms with E-state index in [9.17, 15) is 4.79 Å². The Morgan fingerprint density at radius 2 is 2.04 bits per heavy atom. The number of nitrogens with one attached hydrogen (secondary N) is 1. The third kappa shape index (κ3) is 4.02. The van der Waals surface area contributed by atoms with Crippen LogP contribution in [0, 0.1) is 0 Å². The number of hydrogen-bond donors (Lipinski definition) is 1. The first-order chi connectivity index (χ1) is 11.3. The quantitative estimate of drug-likeness (QED) is 0.855. The normalized spacial score (nSPS) is 16.0. The van der Waals surface area contributed by atoms with Crippen LogP contribution in [0.15, 0.2) is 29.6 Å². The first kappa shape index (κ1) is 16.2. The number of fused-ring (bicyclic) bond motifs is 1.